The Morgan fingerprint density at radius 3 is 1.04 bits per heavy atom. The molecule has 0 bridgehead atoms. The van der Waals surface area contributed by atoms with Gasteiger partial charge in [0, 0.05) is 27.1 Å². The molecule has 0 unspecified atom stereocenters. The highest BCUT2D eigenvalue weighted by Crippen LogP contribution is 2.46. The summed E-state index contributed by atoms with van der Waals surface area (Å²) < 4.78 is 48.5. The first-order chi connectivity index (χ1) is 38.2. The van der Waals surface area contributed by atoms with Crippen molar-refractivity contribution in [1.29, 1.82) is 0 Å². The highest BCUT2D eigenvalue weighted by atomic mass is 19.4. The zero-order valence-corrected chi connectivity index (χ0v) is 44.3. The van der Waals surface area contributed by atoms with Crippen molar-refractivity contribution < 1.29 is 13.2 Å². The smallest absolute Gasteiger partial charge is 0.309 e. The van der Waals surface area contributed by atoms with E-state index in [9.17, 15) is 13.2 Å². The Morgan fingerprint density at radius 2 is 0.658 bits per heavy atom. The van der Waals surface area contributed by atoms with E-state index < -0.39 is 11.7 Å². The van der Waals surface area contributed by atoms with Gasteiger partial charge in [0.2, 0.25) is 0 Å². The van der Waals surface area contributed by atoms with Gasteiger partial charge < -0.3 is 9.13 Å². The van der Waals surface area contributed by atoms with E-state index in [1.54, 1.807) is 6.92 Å². The summed E-state index contributed by atoms with van der Waals surface area (Å²) in [5.74, 6) is 0. The Labute approximate surface area is 457 Å². The van der Waals surface area contributed by atoms with E-state index >= 15 is 0 Å². The molecule has 0 aliphatic rings. The maximum Gasteiger partial charge on any atom is 0.416 e. The van der Waals surface area contributed by atoms with E-state index in [4.69, 9.17) is 6.57 Å². The lowest BCUT2D eigenvalue weighted by Crippen LogP contribution is -2.05. The molecule has 13 rings (SSSR count). The molecule has 0 aliphatic heterocycles. The fourth-order valence-corrected chi connectivity index (χ4v) is 11.5. The number of aromatic nitrogens is 2. The number of benzene rings is 11. The molecule has 0 spiro atoms. The summed E-state index contributed by atoms with van der Waals surface area (Å²) in [6, 6.07) is 77.0. The predicted molar refractivity (Wildman–Crippen MR) is 323 cm³/mol. The van der Waals surface area contributed by atoms with Gasteiger partial charge in [-0.1, -0.05) is 168 Å². The van der Waals surface area contributed by atoms with Gasteiger partial charge in [-0.25, -0.2) is 4.85 Å². The highest BCUT2D eigenvalue weighted by Gasteiger charge is 2.31. The lowest BCUT2D eigenvalue weighted by atomic mass is 9.94. The molecule has 3 nitrogen and oxygen atoms in total. The van der Waals surface area contributed by atoms with Crippen LogP contribution < -0.4 is 0 Å². The van der Waals surface area contributed by atoms with E-state index in [0.717, 1.165) is 111 Å². The molecular weight excluding hydrogens is 976 g/mol. The Bertz CT molecular complexity index is 4400. The van der Waals surface area contributed by atoms with E-state index in [0.29, 0.717) is 22.4 Å². The van der Waals surface area contributed by atoms with Crippen molar-refractivity contribution in [3.8, 4) is 78.1 Å². The molecule has 0 atom stereocenters. The maximum atomic E-state index is 14.6. The number of nitrogens with zero attached hydrogens (tertiary/aromatic N) is 3. The Kier molecular flexibility index (Phi) is 11.8. The molecule has 0 saturated carbocycles. The van der Waals surface area contributed by atoms with Crippen LogP contribution in [0.3, 0.4) is 0 Å². The van der Waals surface area contributed by atoms with Crippen molar-refractivity contribution >= 4 is 49.3 Å². The average Bonchev–Trinajstić information content (AvgIpc) is 4.04. The summed E-state index contributed by atoms with van der Waals surface area (Å²) in [7, 11) is 0. The summed E-state index contributed by atoms with van der Waals surface area (Å²) in [5.41, 5.74) is 21.9. The van der Waals surface area contributed by atoms with Crippen LogP contribution in [0.15, 0.2) is 224 Å². The minimum Gasteiger partial charge on any atom is -0.309 e. The van der Waals surface area contributed by atoms with Crippen LogP contribution in [0.1, 0.15) is 33.4 Å². The van der Waals surface area contributed by atoms with Gasteiger partial charge in [-0.3, -0.25) is 0 Å². The van der Waals surface area contributed by atoms with Gasteiger partial charge in [0.15, 0.2) is 5.69 Å². The van der Waals surface area contributed by atoms with Crippen molar-refractivity contribution in [1.82, 2.24) is 9.13 Å². The second-order valence-electron chi connectivity index (χ2n) is 21.2. The molecular formula is C73H52F3N3. The molecule has 2 aromatic heterocycles. The van der Waals surface area contributed by atoms with Crippen LogP contribution in [0, 0.1) is 41.2 Å². The molecule has 380 valence electrons. The SMILES string of the molecule is [C-]#[N+]c1ccc(-n2c3ccc(-c4ccc(C)cc4)cc3c3cc(-c4ccc(C)cc4)ccc32)c(-c2ccc(-c3cc(C)cc(C(F)(F)F)c3)cc2-n2c3ccc(-c4ccc(C)cc4)cc3c3cc(-c4ccc(C)cc4)ccc32)c1. The van der Waals surface area contributed by atoms with Crippen molar-refractivity contribution in [2.24, 2.45) is 0 Å². The monoisotopic (exact) mass is 1030 g/mol. The van der Waals surface area contributed by atoms with E-state index in [2.05, 4.69) is 212 Å². The van der Waals surface area contributed by atoms with Gasteiger partial charge in [-0.05, 0) is 180 Å². The summed E-state index contributed by atoms with van der Waals surface area (Å²) in [6.07, 6.45) is -4.54. The minimum atomic E-state index is -4.54. The first-order valence-electron chi connectivity index (χ1n) is 26.6. The molecule has 6 heteroatoms. The Hall–Kier alpha value is -9.70. The van der Waals surface area contributed by atoms with Gasteiger partial charge >= 0.3 is 6.18 Å². The third-order valence-corrected chi connectivity index (χ3v) is 15.7. The normalized spacial score (nSPS) is 11.8. The van der Waals surface area contributed by atoms with Crippen LogP contribution in [-0.2, 0) is 6.18 Å². The summed E-state index contributed by atoms with van der Waals surface area (Å²) in [5, 5.41) is 4.21. The van der Waals surface area contributed by atoms with Gasteiger partial charge in [0.1, 0.15) is 0 Å². The third-order valence-electron chi connectivity index (χ3n) is 15.7. The highest BCUT2D eigenvalue weighted by molar-refractivity contribution is 6.14. The Balaban J connectivity index is 1.11. The number of aryl methyl sites for hydroxylation is 5. The molecule has 0 radical (unpaired) electrons. The topological polar surface area (TPSA) is 14.2 Å². The minimum absolute atomic E-state index is 0.454. The maximum absolute atomic E-state index is 14.6. The number of fused-ring (bicyclic) bond motifs is 6. The van der Waals surface area contributed by atoms with Crippen LogP contribution >= 0.6 is 0 Å². The standard InChI is InChI=1S/C73H52F3N3/c1-44-7-15-49(16-8-44)53-24-30-67-62(38-53)63-39-54(50-17-9-45(2)10-18-50)25-31-68(63)78(67)71-34-28-60(77-6)43-66(71)61-29-23-57(58-35-48(5)36-59(37-58)73(74,75)76)42-72(61)79-69-32-26-55(51-19-11-46(3)12-20-51)40-64(69)65-41-56(27-33-70(65)79)52-21-13-47(4)14-22-52/h7-43H,1-5H3. The zero-order chi connectivity index (χ0) is 54.3. The largest absolute Gasteiger partial charge is 0.416 e. The number of halogens is 3. The van der Waals surface area contributed by atoms with E-state index in [1.807, 2.05) is 42.5 Å². The van der Waals surface area contributed by atoms with Crippen LogP contribution in [0.4, 0.5) is 18.9 Å². The number of hydrogen-bond donors (Lipinski definition) is 0. The summed E-state index contributed by atoms with van der Waals surface area (Å²) in [4.78, 5) is 4.02. The predicted octanol–water partition coefficient (Wildman–Crippen LogP) is 21.0. The van der Waals surface area contributed by atoms with Crippen LogP contribution in [0.25, 0.3) is 127 Å². The first-order valence-corrected chi connectivity index (χ1v) is 26.6. The van der Waals surface area contributed by atoms with Gasteiger partial charge in [0.05, 0.1) is 45.6 Å². The van der Waals surface area contributed by atoms with Crippen molar-refractivity contribution in [3.05, 3.63) is 269 Å². The number of hydrogen-bond acceptors (Lipinski definition) is 0. The van der Waals surface area contributed by atoms with Crippen molar-refractivity contribution in [2.45, 2.75) is 40.8 Å². The second kappa shape index (κ2) is 19.1. The lowest BCUT2D eigenvalue weighted by molar-refractivity contribution is -0.137. The number of alkyl halides is 3. The van der Waals surface area contributed by atoms with Gasteiger partial charge in [-0.2, -0.15) is 13.2 Å². The fourth-order valence-electron chi connectivity index (χ4n) is 11.5. The molecule has 79 heavy (non-hydrogen) atoms. The fraction of sp³-hybridized carbons (Fsp3) is 0.0822. The molecule has 0 fully saturated rings. The zero-order valence-electron chi connectivity index (χ0n) is 44.3. The molecule has 0 N–H and O–H groups in total. The molecule has 13 aromatic rings. The van der Waals surface area contributed by atoms with Crippen LogP contribution in [0.5, 0.6) is 0 Å². The first kappa shape index (κ1) is 48.9. The molecule has 0 amide bonds. The van der Waals surface area contributed by atoms with Gasteiger partial charge in [-0.15, -0.1) is 0 Å². The molecule has 2 heterocycles. The molecule has 0 aliphatic carbocycles. The van der Waals surface area contributed by atoms with Crippen molar-refractivity contribution in [2.75, 3.05) is 0 Å². The summed E-state index contributed by atoms with van der Waals surface area (Å²) in [6.45, 7) is 18.5. The third kappa shape index (κ3) is 8.84. The quantitative estimate of drug-likeness (QED) is 0.135. The van der Waals surface area contributed by atoms with E-state index in [1.165, 1.54) is 34.4 Å². The van der Waals surface area contributed by atoms with E-state index in [-0.39, 0.29) is 0 Å². The summed E-state index contributed by atoms with van der Waals surface area (Å²) >= 11 is 0. The lowest BCUT2D eigenvalue weighted by Gasteiger charge is -2.21. The van der Waals surface area contributed by atoms with Crippen LogP contribution in [-0.4, -0.2) is 9.13 Å². The van der Waals surface area contributed by atoms with Crippen LogP contribution in [0.2, 0.25) is 0 Å². The van der Waals surface area contributed by atoms with Crippen molar-refractivity contribution in [3.63, 3.8) is 0 Å². The van der Waals surface area contributed by atoms with Gasteiger partial charge in [0.25, 0.3) is 0 Å². The average molecular weight is 1030 g/mol. The number of rotatable bonds is 8. The second-order valence-corrected chi connectivity index (χ2v) is 21.2. The molecule has 0 saturated heterocycles. The Morgan fingerprint density at radius 1 is 0.304 bits per heavy atom. The molecule has 11 aromatic carbocycles.